The Morgan fingerprint density at radius 2 is 2.21 bits per heavy atom. The average molecular weight is 289 g/mol. The number of nitrogens with one attached hydrogen (secondary N) is 2. The van der Waals surface area contributed by atoms with Crippen LogP contribution in [0.25, 0.3) is 0 Å². The molecule has 0 saturated heterocycles. The summed E-state index contributed by atoms with van der Waals surface area (Å²) in [6, 6.07) is 0. The molecule has 0 aromatic carbocycles. The summed E-state index contributed by atoms with van der Waals surface area (Å²) >= 11 is 6.01. The number of hydrogen-bond acceptors (Lipinski definition) is 6. The first-order valence-electron chi connectivity index (χ1n) is 6.20. The summed E-state index contributed by atoms with van der Waals surface area (Å²) in [4.78, 5) is 8.28. The van der Waals surface area contributed by atoms with Crippen LogP contribution in [0.1, 0.15) is 20.3 Å². The maximum Gasteiger partial charge on any atom is 0.224 e. The molecule has 0 saturated carbocycles. The SMILES string of the molecule is CCNc1ncc(Cl)c(NCC(C)(O)CCOC)n1. The van der Waals surface area contributed by atoms with E-state index < -0.39 is 5.60 Å². The van der Waals surface area contributed by atoms with E-state index in [0.717, 1.165) is 6.54 Å². The van der Waals surface area contributed by atoms with Gasteiger partial charge in [0, 0.05) is 33.2 Å². The second kappa shape index (κ2) is 7.47. The van der Waals surface area contributed by atoms with Crippen molar-refractivity contribution in [3.63, 3.8) is 0 Å². The predicted molar refractivity (Wildman–Crippen MR) is 76.8 cm³/mol. The second-order valence-electron chi connectivity index (χ2n) is 4.51. The van der Waals surface area contributed by atoms with Crippen molar-refractivity contribution in [1.82, 2.24) is 9.97 Å². The van der Waals surface area contributed by atoms with E-state index in [-0.39, 0.29) is 0 Å². The van der Waals surface area contributed by atoms with Gasteiger partial charge >= 0.3 is 0 Å². The molecule has 1 heterocycles. The molecule has 0 aliphatic heterocycles. The van der Waals surface area contributed by atoms with Crippen LogP contribution in [0, 0.1) is 0 Å². The van der Waals surface area contributed by atoms with E-state index in [1.54, 1.807) is 14.0 Å². The third kappa shape index (κ3) is 5.59. The monoisotopic (exact) mass is 288 g/mol. The van der Waals surface area contributed by atoms with Gasteiger partial charge in [0.25, 0.3) is 0 Å². The van der Waals surface area contributed by atoms with Crippen molar-refractivity contribution >= 4 is 23.4 Å². The molecule has 1 aromatic heterocycles. The smallest absolute Gasteiger partial charge is 0.224 e. The van der Waals surface area contributed by atoms with Crippen LogP contribution in [-0.2, 0) is 4.74 Å². The lowest BCUT2D eigenvalue weighted by atomic mass is 10.0. The van der Waals surface area contributed by atoms with Crippen LogP contribution in [0.15, 0.2) is 6.20 Å². The van der Waals surface area contributed by atoms with Gasteiger partial charge in [0.05, 0.1) is 11.8 Å². The molecule has 0 bridgehead atoms. The van der Waals surface area contributed by atoms with Crippen LogP contribution in [-0.4, -0.2) is 47.5 Å². The highest BCUT2D eigenvalue weighted by Crippen LogP contribution is 2.20. The van der Waals surface area contributed by atoms with Crippen molar-refractivity contribution in [2.24, 2.45) is 0 Å². The first-order chi connectivity index (χ1) is 8.98. The third-order valence-corrected chi connectivity index (χ3v) is 2.84. The van der Waals surface area contributed by atoms with E-state index in [1.807, 2.05) is 6.92 Å². The van der Waals surface area contributed by atoms with Crippen molar-refractivity contribution in [2.45, 2.75) is 25.9 Å². The average Bonchev–Trinajstić information content (AvgIpc) is 2.37. The summed E-state index contributed by atoms with van der Waals surface area (Å²) < 4.78 is 4.96. The van der Waals surface area contributed by atoms with E-state index >= 15 is 0 Å². The highest BCUT2D eigenvalue weighted by molar-refractivity contribution is 6.32. The van der Waals surface area contributed by atoms with Crippen molar-refractivity contribution < 1.29 is 9.84 Å². The quantitative estimate of drug-likeness (QED) is 0.676. The number of halogens is 1. The highest BCUT2D eigenvalue weighted by atomic mass is 35.5. The molecule has 0 radical (unpaired) electrons. The van der Waals surface area contributed by atoms with Gasteiger partial charge in [-0.3, -0.25) is 0 Å². The summed E-state index contributed by atoms with van der Waals surface area (Å²) in [5, 5.41) is 16.6. The molecular formula is C12H21ClN4O2. The molecule has 0 aliphatic carbocycles. The Hall–Kier alpha value is -1.11. The van der Waals surface area contributed by atoms with Gasteiger partial charge in [0.2, 0.25) is 5.95 Å². The Kier molecular flexibility index (Phi) is 6.27. The summed E-state index contributed by atoms with van der Waals surface area (Å²) in [6.45, 7) is 5.25. The Labute approximate surface area is 118 Å². The van der Waals surface area contributed by atoms with E-state index in [2.05, 4.69) is 20.6 Å². The Morgan fingerprint density at radius 3 is 2.84 bits per heavy atom. The Morgan fingerprint density at radius 1 is 1.47 bits per heavy atom. The Bertz CT molecular complexity index is 401. The number of hydrogen-bond donors (Lipinski definition) is 3. The van der Waals surface area contributed by atoms with E-state index in [9.17, 15) is 5.11 Å². The van der Waals surface area contributed by atoms with Crippen LogP contribution in [0.2, 0.25) is 5.02 Å². The standard InChI is InChI=1S/C12H21ClN4O2/c1-4-14-11-15-7-9(13)10(17-11)16-8-12(2,18)5-6-19-3/h7,18H,4-6,8H2,1-3H3,(H2,14,15,16,17). The number of nitrogens with zero attached hydrogens (tertiary/aromatic N) is 2. The topological polar surface area (TPSA) is 79.3 Å². The summed E-state index contributed by atoms with van der Waals surface area (Å²) in [6.07, 6.45) is 2.05. The fourth-order valence-electron chi connectivity index (χ4n) is 1.42. The molecule has 0 aliphatic rings. The van der Waals surface area contributed by atoms with Gasteiger partial charge in [-0.15, -0.1) is 0 Å². The molecule has 108 valence electrons. The molecule has 6 nitrogen and oxygen atoms in total. The first kappa shape index (κ1) is 15.9. The normalized spacial score (nSPS) is 13.9. The summed E-state index contributed by atoms with van der Waals surface area (Å²) in [5.41, 5.74) is -0.886. The molecule has 0 amide bonds. The van der Waals surface area contributed by atoms with Crippen molar-refractivity contribution in [3.8, 4) is 0 Å². The molecule has 3 N–H and O–H groups in total. The molecule has 1 atom stereocenters. The lowest BCUT2D eigenvalue weighted by Gasteiger charge is -2.23. The van der Waals surface area contributed by atoms with Gasteiger partial charge in [-0.25, -0.2) is 4.98 Å². The second-order valence-corrected chi connectivity index (χ2v) is 4.92. The van der Waals surface area contributed by atoms with Crippen LogP contribution in [0.4, 0.5) is 11.8 Å². The number of ether oxygens (including phenoxy) is 1. The van der Waals surface area contributed by atoms with Gasteiger partial charge in [-0.1, -0.05) is 11.6 Å². The fourth-order valence-corrected chi connectivity index (χ4v) is 1.58. The van der Waals surface area contributed by atoms with Crippen molar-refractivity contribution in [1.29, 1.82) is 0 Å². The lowest BCUT2D eigenvalue weighted by Crippen LogP contribution is -2.35. The van der Waals surface area contributed by atoms with E-state index in [4.69, 9.17) is 16.3 Å². The summed E-state index contributed by atoms with van der Waals surface area (Å²) in [5.74, 6) is 1.01. The largest absolute Gasteiger partial charge is 0.388 e. The molecule has 0 spiro atoms. The summed E-state index contributed by atoms with van der Waals surface area (Å²) in [7, 11) is 1.60. The van der Waals surface area contributed by atoms with Gasteiger partial charge < -0.3 is 20.5 Å². The minimum atomic E-state index is -0.886. The number of rotatable bonds is 8. The maximum atomic E-state index is 10.1. The van der Waals surface area contributed by atoms with Gasteiger partial charge in [-0.2, -0.15) is 4.98 Å². The lowest BCUT2D eigenvalue weighted by molar-refractivity contribution is 0.0357. The maximum absolute atomic E-state index is 10.1. The zero-order valence-electron chi connectivity index (χ0n) is 11.5. The first-order valence-corrected chi connectivity index (χ1v) is 6.58. The molecule has 19 heavy (non-hydrogen) atoms. The fraction of sp³-hybridized carbons (Fsp3) is 0.667. The van der Waals surface area contributed by atoms with Gasteiger partial charge in [0.1, 0.15) is 5.02 Å². The van der Waals surface area contributed by atoms with Crippen LogP contribution >= 0.6 is 11.6 Å². The Balaban J connectivity index is 2.63. The minimum absolute atomic E-state index is 0.332. The van der Waals surface area contributed by atoms with Crippen molar-refractivity contribution in [3.05, 3.63) is 11.2 Å². The highest BCUT2D eigenvalue weighted by Gasteiger charge is 2.20. The number of anilines is 2. The third-order valence-electron chi connectivity index (χ3n) is 2.56. The van der Waals surface area contributed by atoms with Gasteiger partial charge in [0.15, 0.2) is 5.82 Å². The van der Waals surface area contributed by atoms with E-state index in [1.165, 1.54) is 6.20 Å². The minimum Gasteiger partial charge on any atom is -0.388 e. The predicted octanol–water partition coefficient (Wildman–Crippen LogP) is 1.76. The molecule has 1 aromatic rings. The van der Waals surface area contributed by atoms with Crippen LogP contribution < -0.4 is 10.6 Å². The molecule has 7 heteroatoms. The van der Waals surface area contributed by atoms with E-state index in [0.29, 0.717) is 36.4 Å². The zero-order chi connectivity index (χ0) is 14.3. The number of aromatic nitrogens is 2. The van der Waals surface area contributed by atoms with Gasteiger partial charge in [-0.05, 0) is 13.8 Å². The van der Waals surface area contributed by atoms with Crippen LogP contribution in [0.5, 0.6) is 0 Å². The van der Waals surface area contributed by atoms with Crippen molar-refractivity contribution in [2.75, 3.05) is 37.4 Å². The zero-order valence-corrected chi connectivity index (χ0v) is 12.3. The van der Waals surface area contributed by atoms with Crippen LogP contribution in [0.3, 0.4) is 0 Å². The number of aliphatic hydroxyl groups is 1. The molecule has 0 fully saturated rings. The number of methoxy groups -OCH3 is 1. The molecule has 1 unspecified atom stereocenters. The molecule has 1 rings (SSSR count). The molecular weight excluding hydrogens is 268 g/mol.